The van der Waals surface area contributed by atoms with Gasteiger partial charge < -0.3 is 11.1 Å². The first kappa shape index (κ1) is 15.0. The van der Waals surface area contributed by atoms with Gasteiger partial charge in [-0.15, -0.1) is 0 Å². The van der Waals surface area contributed by atoms with Gasteiger partial charge in [-0.2, -0.15) is 0 Å². The van der Waals surface area contributed by atoms with E-state index in [2.05, 4.69) is 21.2 Å². The van der Waals surface area contributed by atoms with Crippen molar-refractivity contribution in [2.75, 3.05) is 11.9 Å². The van der Waals surface area contributed by atoms with E-state index < -0.39 is 5.54 Å². The van der Waals surface area contributed by atoms with Gasteiger partial charge in [-0.3, -0.25) is 0 Å². The third-order valence-corrected chi connectivity index (χ3v) is 3.80. The van der Waals surface area contributed by atoms with E-state index >= 15 is 0 Å². The van der Waals surface area contributed by atoms with Crippen LogP contribution in [-0.4, -0.2) is 12.1 Å². The number of hydrogen-bond acceptors (Lipinski definition) is 2. The highest BCUT2D eigenvalue weighted by Crippen LogP contribution is 2.22. The van der Waals surface area contributed by atoms with Gasteiger partial charge in [0, 0.05) is 11.0 Å². The molecule has 0 aliphatic carbocycles. The van der Waals surface area contributed by atoms with Gasteiger partial charge in [-0.1, -0.05) is 40.2 Å². The molecule has 0 saturated carbocycles. The molecule has 2 nitrogen and oxygen atoms in total. The predicted octanol–water partition coefficient (Wildman–Crippen LogP) is 3.96. The zero-order valence-corrected chi connectivity index (χ0v) is 13.0. The lowest BCUT2D eigenvalue weighted by Gasteiger charge is -2.31. The number of anilines is 1. The summed E-state index contributed by atoms with van der Waals surface area (Å²) in [5.74, 6) is -0.261. The third-order valence-electron chi connectivity index (χ3n) is 3.27. The monoisotopic (exact) mass is 336 g/mol. The highest BCUT2D eigenvalue weighted by molar-refractivity contribution is 9.10. The Morgan fingerprint density at radius 3 is 2.40 bits per heavy atom. The van der Waals surface area contributed by atoms with E-state index in [-0.39, 0.29) is 5.82 Å². The highest BCUT2D eigenvalue weighted by Gasteiger charge is 2.23. The lowest BCUT2D eigenvalue weighted by atomic mass is 9.92. The van der Waals surface area contributed by atoms with Crippen molar-refractivity contribution in [1.29, 1.82) is 0 Å². The fraction of sp³-hybridized carbons (Fsp3) is 0.250. The first-order chi connectivity index (χ1) is 9.52. The molecule has 0 amide bonds. The van der Waals surface area contributed by atoms with E-state index in [9.17, 15) is 4.39 Å². The molecule has 0 bridgehead atoms. The first-order valence-electron chi connectivity index (χ1n) is 6.50. The Hall–Kier alpha value is -1.39. The normalized spacial score (nSPS) is 13.8. The molecule has 0 saturated heterocycles. The Labute approximate surface area is 127 Å². The van der Waals surface area contributed by atoms with Gasteiger partial charge in [0.2, 0.25) is 0 Å². The molecule has 4 heteroatoms. The topological polar surface area (TPSA) is 38.0 Å². The molecule has 0 aromatic heterocycles. The minimum Gasteiger partial charge on any atom is -0.376 e. The van der Waals surface area contributed by atoms with Crippen LogP contribution in [0, 0.1) is 5.82 Å². The van der Waals surface area contributed by atoms with Gasteiger partial charge in [0.25, 0.3) is 0 Å². The smallest absolute Gasteiger partial charge is 0.146 e. The first-order valence-corrected chi connectivity index (χ1v) is 7.29. The molecule has 3 N–H and O–H groups in total. The van der Waals surface area contributed by atoms with Crippen LogP contribution in [0.5, 0.6) is 0 Å². The van der Waals surface area contributed by atoms with Crippen molar-refractivity contribution in [3.63, 3.8) is 0 Å². The fourth-order valence-electron chi connectivity index (χ4n) is 2.11. The Kier molecular flexibility index (Phi) is 4.78. The molecule has 2 aromatic carbocycles. The zero-order chi connectivity index (χ0) is 14.6. The lowest BCUT2D eigenvalue weighted by Crippen LogP contribution is -2.44. The van der Waals surface area contributed by atoms with E-state index in [0.29, 0.717) is 12.2 Å². The van der Waals surface area contributed by atoms with Gasteiger partial charge in [-0.25, -0.2) is 4.39 Å². The van der Waals surface area contributed by atoms with Crippen molar-refractivity contribution in [1.82, 2.24) is 0 Å². The van der Waals surface area contributed by atoms with E-state index in [1.54, 1.807) is 12.1 Å². The molecule has 0 fully saturated rings. The average molecular weight is 337 g/mol. The van der Waals surface area contributed by atoms with Crippen molar-refractivity contribution in [2.24, 2.45) is 5.73 Å². The molecule has 20 heavy (non-hydrogen) atoms. The fourth-order valence-corrected chi connectivity index (χ4v) is 2.37. The standard InChI is InChI=1S/C16H18BrFN2/c1-16(11-19,10-12-6-8-13(17)9-7-12)20-15-5-3-2-4-14(15)18/h2-9,20H,10-11,19H2,1H3. The number of nitrogens with two attached hydrogens (primary N) is 1. The quantitative estimate of drug-likeness (QED) is 0.867. The molecule has 0 heterocycles. The van der Waals surface area contributed by atoms with Crippen molar-refractivity contribution in [3.8, 4) is 0 Å². The van der Waals surface area contributed by atoms with Crippen molar-refractivity contribution < 1.29 is 4.39 Å². The number of rotatable bonds is 5. The van der Waals surface area contributed by atoms with Crippen LogP contribution >= 0.6 is 15.9 Å². The van der Waals surface area contributed by atoms with Gasteiger partial charge in [0.1, 0.15) is 5.82 Å². The molecule has 1 unspecified atom stereocenters. The number of benzene rings is 2. The minimum absolute atomic E-state index is 0.261. The van der Waals surface area contributed by atoms with Crippen LogP contribution in [0.3, 0.4) is 0 Å². The van der Waals surface area contributed by atoms with Crippen LogP contribution in [0.15, 0.2) is 53.0 Å². The molecular weight excluding hydrogens is 319 g/mol. The summed E-state index contributed by atoms with van der Waals surface area (Å²) in [6.07, 6.45) is 0.727. The summed E-state index contributed by atoms with van der Waals surface area (Å²) in [5, 5.41) is 3.22. The van der Waals surface area contributed by atoms with Crippen LogP contribution in [0.25, 0.3) is 0 Å². The van der Waals surface area contributed by atoms with Crippen LogP contribution in [0.4, 0.5) is 10.1 Å². The van der Waals surface area contributed by atoms with Crippen LogP contribution in [0.2, 0.25) is 0 Å². The molecule has 0 aliphatic rings. The SMILES string of the molecule is CC(CN)(Cc1ccc(Br)cc1)Nc1ccccc1F. The Morgan fingerprint density at radius 2 is 1.80 bits per heavy atom. The third kappa shape index (κ3) is 3.81. The Morgan fingerprint density at radius 1 is 1.15 bits per heavy atom. The largest absolute Gasteiger partial charge is 0.376 e. The van der Waals surface area contributed by atoms with Gasteiger partial charge in [0.05, 0.1) is 11.2 Å². The van der Waals surface area contributed by atoms with E-state index in [0.717, 1.165) is 16.5 Å². The molecule has 0 aliphatic heterocycles. The number of para-hydroxylation sites is 1. The predicted molar refractivity (Wildman–Crippen MR) is 85.3 cm³/mol. The molecule has 2 aromatic rings. The number of hydrogen-bond donors (Lipinski definition) is 2. The summed E-state index contributed by atoms with van der Waals surface area (Å²) >= 11 is 3.42. The molecule has 106 valence electrons. The summed E-state index contributed by atoms with van der Waals surface area (Å²) in [4.78, 5) is 0. The van der Waals surface area contributed by atoms with E-state index in [1.807, 2.05) is 37.3 Å². The van der Waals surface area contributed by atoms with Crippen molar-refractivity contribution in [2.45, 2.75) is 18.9 Å². The molecule has 2 rings (SSSR count). The van der Waals surface area contributed by atoms with Crippen molar-refractivity contribution in [3.05, 3.63) is 64.4 Å². The molecule has 0 spiro atoms. The Balaban J connectivity index is 2.17. The maximum atomic E-state index is 13.7. The van der Waals surface area contributed by atoms with Crippen LogP contribution in [0.1, 0.15) is 12.5 Å². The second-order valence-corrected chi connectivity index (χ2v) is 6.09. The lowest BCUT2D eigenvalue weighted by molar-refractivity contribution is 0.514. The summed E-state index contributed by atoms with van der Waals surface area (Å²) < 4.78 is 14.8. The molecule has 1 atom stereocenters. The van der Waals surface area contributed by atoms with Crippen LogP contribution < -0.4 is 11.1 Å². The summed E-state index contributed by atoms with van der Waals surface area (Å²) in [6.45, 7) is 2.42. The number of nitrogens with one attached hydrogen (secondary N) is 1. The Bertz CT molecular complexity index is 571. The van der Waals surface area contributed by atoms with Gasteiger partial charge >= 0.3 is 0 Å². The van der Waals surface area contributed by atoms with Gasteiger partial charge in [-0.05, 0) is 43.2 Å². The van der Waals surface area contributed by atoms with E-state index in [4.69, 9.17) is 5.73 Å². The van der Waals surface area contributed by atoms with Crippen LogP contribution in [-0.2, 0) is 6.42 Å². The molecule has 0 radical (unpaired) electrons. The zero-order valence-electron chi connectivity index (χ0n) is 11.4. The highest BCUT2D eigenvalue weighted by atomic mass is 79.9. The minimum atomic E-state index is -0.393. The van der Waals surface area contributed by atoms with Gasteiger partial charge in [0.15, 0.2) is 0 Å². The second-order valence-electron chi connectivity index (χ2n) is 5.17. The summed E-state index contributed by atoms with van der Waals surface area (Å²) in [7, 11) is 0. The summed E-state index contributed by atoms with van der Waals surface area (Å²) in [5.41, 5.74) is 7.14. The maximum absolute atomic E-state index is 13.7. The second kappa shape index (κ2) is 6.37. The van der Waals surface area contributed by atoms with E-state index in [1.165, 1.54) is 6.07 Å². The summed E-state index contributed by atoms with van der Waals surface area (Å²) in [6, 6.07) is 14.7. The average Bonchev–Trinajstić information content (AvgIpc) is 2.44. The van der Waals surface area contributed by atoms with Crippen molar-refractivity contribution >= 4 is 21.6 Å². The maximum Gasteiger partial charge on any atom is 0.146 e. The molecular formula is C16H18BrFN2. The number of halogens is 2.